The Labute approximate surface area is 117 Å². The molecule has 7 heteroatoms. The number of aromatic nitrogens is 2. The Bertz CT molecular complexity index is 470. The highest BCUT2D eigenvalue weighted by molar-refractivity contribution is 5.90. The van der Waals surface area contributed by atoms with Crippen LogP contribution in [0.2, 0.25) is 0 Å². The van der Waals surface area contributed by atoms with Crippen LogP contribution in [0.3, 0.4) is 0 Å². The summed E-state index contributed by atoms with van der Waals surface area (Å²) in [5.74, 6) is 0.238. The van der Waals surface area contributed by atoms with Crippen molar-refractivity contribution < 1.29 is 14.4 Å². The molecular formula is C13H20N4O3. The third kappa shape index (κ3) is 2.99. The van der Waals surface area contributed by atoms with E-state index in [1.54, 1.807) is 0 Å². The molecule has 1 aromatic rings. The van der Waals surface area contributed by atoms with E-state index in [9.17, 15) is 9.90 Å². The van der Waals surface area contributed by atoms with Gasteiger partial charge in [0.1, 0.15) is 0 Å². The van der Waals surface area contributed by atoms with E-state index in [1.807, 2.05) is 0 Å². The number of aliphatic hydroxyl groups excluding tert-OH is 1. The van der Waals surface area contributed by atoms with E-state index in [0.717, 1.165) is 38.6 Å². The minimum Gasteiger partial charge on any atom is -0.393 e. The lowest BCUT2D eigenvalue weighted by atomic mass is 9.93. The summed E-state index contributed by atoms with van der Waals surface area (Å²) in [4.78, 5) is 16.2. The molecule has 3 unspecified atom stereocenters. The fraction of sp³-hybridized carbons (Fsp3) is 0.769. The lowest BCUT2D eigenvalue weighted by Gasteiger charge is -2.26. The number of carbonyl (C=O) groups excluding carboxylic acids is 1. The van der Waals surface area contributed by atoms with Gasteiger partial charge in [0.15, 0.2) is 0 Å². The topological polar surface area (TPSA) is 100 Å². The van der Waals surface area contributed by atoms with Gasteiger partial charge in [-0.1, -0.05) is 5.16 Å². The molecule has 3 N–H and O–H groups in total. The summed E-state index contributed by atoms with van der Waals surface area (Å²) in [5.41, 5.74) is 0. The Kier molecular flexibility index (Phi) is 3.98. The van der Waals surface area contributed by atoms with E-state index in [1.165, 1.54) is 0 Å². The van der Waals surface area contributed by atoms with E-state index < -0.39 is 0 Å². The lowest BCUT2D eigenvalue weighted by Crippen LogP contribution is -2.40. The van der Waals surface area contributed by atoms with Gasteiger partial charge in [0.25, 0.3) is 11.7 Å². The molecule has 1 amide bonds. The van der Waals surface area contributed by atoms with Crippen LogP contribution in [-0.2, 0) is 0 Å². The van der Waals surface area contributed by atoms with Crippen LogP contribution in [-0.4, -0.2) is 39.8 Å². The first kappa shape index (κ1) is 13.5. The van der Waals surface area contributed by atoms with Crippen LogP contribution in [0.1, 0.15) is 61.1 Å². The minimum absolute atomic E-state index is 0.00203. The summed E-state index contributed by atoms with van der Waals surface area (Å²) in [6, 6.07) is 0.0679. The van der Waals surface area contributed by atoms with Gasteiger partial charge >= 0.3 is 0 Å². The lowest BCUT2D eigenvalue weighted by molar-refractivity contribution is 0.0838. The van der Waals surface area contributed by atoms with Crippen LogP contribution in [0.5, 0.6) is 0 Å². The van der Waals surface area contributed by atoms with Gasteiger partial charge in [0.05, 0.1) is 12.1 Å². The van der Waals surface area contributed by atoms with Crippen molar-refractivity contribution in [2.45, 2.75) is 56.7 Å². The molecule has 1 aliphatic carbocycles. The van der Waals surface area contributed by atoms with Gasteiger partial charge < -0.3 is 20.3 Å². The van der Waals surface area contributed by atoms with Crippen LogP contribution < -0.4 is 10.6 Å². The Balaban J connectivity index is 1.59. The van der Waals surface area contributed by atoms with Crippen LogP contribution in [0, 0.1) is 0 Å². The molecule has 0 radical (unpaired) electrons. The minimum atomic E-state index is -0.322. The summed E-state index contributed by atoms with van der Waals surface area (Å²) in [5, 5.41) is 19.5. The monoisotopic (exact) mass is 280 g/mol. The van der Waals surface area contributed by atoms with Crippen LogP contribution >= 0.6 is 0 Å². The van der Waals surface area contributed by atoms with Gasteiger partial charge in [-0.2, -0.15) is 4.98 Å². The first-order valence-electron chi connectivity index (χ1n) is 7.28. The molecule has 1 aliphatic heterocycles. The maximum Gasteiger partial charge on any atom is 0.292 e. The van der Waals surface area contributed by atoms with Crippen molar-refractivity contribution >= 4 is 5.91 Å². The second-order valence-corrected chi connectivity index (χ2v) is 5.60. The van der Waals surface area contributed by atoms with Gasteiger partial charge in [0, 0.05) is 6.04 Å². The van der Waals surface area contributed by atoms with Crippen molar-refractivity contribution in [2.24, 2.45) is 0 Å². The normalized spacial score (nSPS) is 30.4. The highest BCUT2D eigenvalue weighted by Crippen LogP contribution is 2.21. The second-order valence-electron chi connectivity index (χ2n) is 5.60. The summed E-state index contributed by atoms with van der Waals surface area (Å²) in [6.45, 7) is 0.939. The summed E-state index contributed by atoms with van der Waals surface area (Å²) in [6.07, 6.45) is 4.93. The number of hydrogen-bond acceptors (Lipinski definition) is 6. The fourth-order valence-electron chi connectivity index (χ4n) is 2.91. The van der Waals surface area contributed by atoms with Gasteiger partial charge in [-0.15, -0.1) is 0 Å². The average Bonchev–Trinajstić information content (AvgIpc) is 3.10. The van der Waals surface area contributed by atoms with Crippen LogP contribution in [0.15, 0.2) is 4.52 Å². The standard InChI is InChI=1S/C13H20N4O3/c18-9-4-1-3-8(7-9)15-12(19)11-16-13(20-17-11)10-5-2-6-14-10/h8-10,14,18H,1-7H2,(H,15,19). The molecule has 0 bridgehead atoms. The number of rotatable bonds is 3. The predicted molar refractivity (Wildman–Crippen MR) is 70.0 cm³/mol. The molecule has 3 rings (SSSR count). The molecular weight excluding hydrogens is 260 g/mol. The van der Waals surface area contributed by atoms with Crippen molar-refractivity contribution in [1.29, 1.82) is 0 Å². The largest absolute Gasteiger partial charge is 0.393 e. The molecule has 0 aromatic carbocycles. The molecule has 20 heavy (non-hydrogen) atoms. The van der Waals surface area contributed by atoms with E-state index in [2.05, 4.69) is 20.8 Å². The predicted octanol–water partition coefficient (Wildman–Crippen LogP) is 0.527. The quantitative estimate of drug-likeness (QED) is 0.746. The molecule has 0 spiro atoms. The van der Waals surface area contributed by atoms with Gasteiger partial charge in [0.2, 0.25) is 5.89 Å². The number of nitrogens with one attached hydrogen (secondary N) is 2. The third-order valence-corrected chi connectivity index (χ3v) is 3.98. The molecule has 1 saturated carbocycles. The van der Waals surface area contributed by atoms with Crippen molar-refractivity contribution in [2.75, 3.05) is 6.54 Å². The summed E-state index contributed by atoms with van der Waals surface area (Å²) < 4.78 is 5.15. The summed E-state index contributed by atoms with van der Waals surface area (Å²) >= 11 is 0. The van der Waals surface area contributed by atoms with Crippen LogP contribution in [0.4, 0.5) is 0 Å². The van der Waals surface area contributed by atoms with Gasteiger partial charge in [-0.3, -0.25) is 4.79 Å². The summed E-state index contributed by atoms with van der Waals surface area (Å²) in [7, 11) is 0. The number of amides is 1. The molecule has 1 aromatic heterocycles. The number of hydrogen-bond donors (Lipinski definition) is 3. The number of aliphatic hydroxyl groups is 1. The molecule has 3 atom stereocenters. The van der Waals surface area contributed by atoms with E-state index in [4.69, 9.17) is 4.52 Å². The Hall–Kier alpha value is -1.47. The number of nitrogens with zero attached hydrogens (tertiary/aromatic N) is 2. The van der Waals surface area contributed by atoms with Crippen LogP contribution in [0.25, 0.3) is 0 Å². The molecule has 1 saturated heterocycles. The highest BCUT2D eigenvalue weighted by atomic mass is 16.5. The smallest absolute Gasteiger partial charge is 0.292 e. The van der Waals surface area contributed by atoms with Crippen molar-refractivity contribution in [3.8, 4) is 0 Å². The highest BCUT2D eigenvalue weighted by Gasteiger charge is 2.26. The first-order valence-corrected chi connectivity index (χ1v) is 7.28. The van der Waals surface area contributed by atoms with E-state index in [-0.39, 0.29) is 29.9 Å². The van der Waals surface area contributed by atoms with Gasteiger partial charge in [-0.25, -0.2) is 0 Å². The molecule has 2 aliphatic rings. The van der Waals surface area contributed by atoms with Gasteiger partial charge in [-0.05, 0) is 45.1 Å². The maximum absolute atomic E-state index is 12.0. The van der Waals surface area contributed by atoms with Crippen molar-refractivity contribution in [1.82, 2.24) is 20.8 Å². The second kappa shape index (κ2) is 5.88. The zero-order valence-electron chi connectivity index (χ0n) is 11.3. The molecule has 110 valence electrons. The zero-order valence-corrected chi connectivity index (χ0v) is 11.3. The Morgan fingerprint density at radius 2 is 2.25 bits per heavy atom. The third-order valence-electron chi connectivity index (χ3n) is 3.98. The van der Waals surface area contributed by atoms with Crippen molar-refractivity contribution in [3.63, 3.8) is 0 Å². The first-order chi connectivity index (χ1) is 9.72. The molecule has 7 nitrogen and oxygen atoms in total. The zero-order chi connectivity index (χ0) is 13.9. The van der Waals surface area contributed by atoms with E-state index >= 15 is 0 Å². The molecule has 2 fully saturated rings. The Morgan fingerprint density at radius 3 is 3.00 bits per heavy atom. The Morgan fingerprint density at radius 1 is 1.35 bits per heavy atom. The number of carbonyl (C=O) groups is 1. The van der Waals surface area contributed by atoms with Crippen molar-refractivity contribution in [3.05, 3.63) is 11.7 Å². The maximum atomic E-state index is 12.0. The molecule has 2 heterocycles. The fourth-order valence-corrected chi connectivity index (χ4v) is 2.91. The average molecular weight is 280 g/mol. The SMILES string of the molecule is O=C(NC1CCCC(O)C1)c1noc(C2CCCN2)n1. The van der Waals surface area contributed by atoms with E-state index in [0.29, 0.717) is 12.3 Å².